The summed E-state index contributed by atoms with van der Waals surface area (Å²) in [6.45, 7) is 2.02. The largest absolute Gasteiger partial charge is 0.180 e. The average Bonchev–Trinajstić information content (AvgIpc) is 2.43. The van der Waals surface area contributed by atoms with Crippen LogP contribution in [-0.2, 0) is 0 Å². The maximum absolute atomic E-state index is 5.88. The van der Waals surface area contributed by atoms with E-state index in [2.05, 4.69) is 36.4 Å². The third-order valence-corrected chi connectivity index (χ3v) is 2.86. The first-order chi connectivity index (χ1) is 9.29. The van der Waals surface area contributed by atoms with E-state index in [1.165, 1.54) is 11.1 Å². The average molecular weight is 241 g/mol. The van der Waals surface area contributed by atoms with Crippen LogP contribution < -0.4 is 10.9 Å². The zero-order valence-corrected chi connectivity index (χ0v) is 11.1. The Labute approximate surface area is 117 Å². The van der Waals surface area contributed by atoms with Gasteiger partial charge in [-0.15, -0.1) is 11.4 Å². The molecule has 0 aliphatic heterocycles. The third kappa shape index (κ3) is 4.03. The number of rotatable bonds is 4. The van der Waals surface area contributed by atoms with E-state index in [-0.39, 0.29) is 0 Å². The van der Waals surface area contributed by atoms with Crippen LogP contribution in [0, 0.1) is 0 Å². The minimum atomic E-state index is 0.801. The second kappa shape index (κ2) is 6.84. The summed E-state index contributed by atoms with van der Waals surface area (Å²) in [5.41, 5.74) is 4.25. The summed E-state index contributed by atoms with van der Waals surface area (Å²) >= 11 is 0. The van der Waals surface area contributed by atoms with Crippen LogP contribution in [0.25, 0.3) is 12.2 Å². The van der Waals surface area contributed by atoms with Crippen molar-refractivity contribution in [3.63, 3.8) is 0 Å². The fraction of sp³-hybridized carbons (Fsp3) is 0.0588. The molecule has 0 nitrogen and oxygen atoms in total. The third-order valence-electron chi connectivity index (χ3n) is 2.86. The zero-order chi connectivity index (χ0) is 13.5. The van der Waals surface area contributed by atoms with Gasteiger partial charge in [0.15, 0.2) is 7.28 Å². The number of benzene rings is 2. The molecule has 2 rings (SSSR count). The molecule has 2 heteroatoms. The maximum atomic E-state index is 5.88. The highest BCUT2D eigenvalue weighted by atomic mass is 13.9. The highest BCUT2D eigenvalue weighted by Gasteiger charge is 1.94. The molecule has 0 spiro atoms. The molecule has 0 atom stereocenters. The molecule has 89 valence electrons. The van der Waals surface area contributed by atoms with Crippen molar-refractivity contribution in [3.8, 4) is 0 Å². The minimum Gasteiger partial charge on any atom is -0.116 e. The van der Waals surface area contributed by atoms with E-state index in [9.17, 15) is 0 Å². The standard InChI is InChI=1S/C17H15B2/c1-2-5-14-8-10-15(11-9-14)12-13-19-17-7-4-3-6-16(17)18/h2-13H,1H3/b5-2+,13-12+. The molecule has 0 unspecified atom stereocenters. The number of allylic oxidation sites excluding steroid dienone is 1. The van der Waals surface area contributed by atoms with E-state index in [1.807, 2.05) is 50.5 Å². The van der Waals surface area contributed by atoms with E-state index in [1.54, 1.807) is 0 Å². The van der Waals surface area contributed by atoms with Gasteiger partial charge in [-0.2, -0.15) is 0 Å². The van der Waals surface area contributed by atoms with Crippen molar-refractivity contribution in [3.05, 3.63) is 71.7 Å². The fourth-order valence-electron chi connectivity index (χ4n) is 1.84. The quantitative estimate of drug-likeness (QED) is 0.721. The second-order valence-corrected chi connectivity index (χ2v) is 4.32. The molecule has 0 aliphatic rings. The Morgan fingerprint density at radius 1 is 0.895 bits per heavy atom. The first kappa shape index (κ1) is 13.5. The van der Waals surface area contributed by atoms with Crippen molar-refractivity contribution in [2.45, 2.75) is 6.92 Å². The van der Waals surface area contributed by atoms with E-state index in [0.717, 1.165) is 10.9 Å². The lowest BCUT2D eigenvalue weighted by Gasteiger charge is -2.00. The number of hydrogen-bond acceptors (Lipinski definition) is 0. The summed E-state index contributed by atoms with van der Waals surface area (Å²) in [7, 11) is 7.90. The normalized spacial score (nSPS) is 11.2. The molecule has 3 radical (unpaired) electrons. The van der Waals surface area contributed by atoms with Gasteiger partial charge in [0.25, 0.3) is 0 Å². The van der Waals surface area contributed by atoms with Gasteiger partial charge in [-0.3, -0.25) is 0 Å². The van der Waals surface area contributed by atoms with Crippen molar-refractivity contribution in [1.82, 2.24) is 0 Å². The van der Waals surface area contributed by atoms with Gasteiger partial charge in [-0.1, -0.05) is 72.2 Å². The SMILES string of the molecule is [B]c1ccccc1[B]/C=C/c1ccc(/C=C/C)cc1. The lowest BCUT2D eigenvalue weighted by atomic mass is 9.64. The molecule has 0 heterocycles. The second-order valence-electron chi connectivity index (χ2n) is 4.32. The Morgan fingerprint density at radius 2 is 1.53 bits per heavy atom. The van der Waals surface area contributed by atoms with Crippen LogP contribution in [0.3, 0.4) is 0 Å². The van der Waals surface area contributed by atoms with Gasteiger partial charge in [0.2, 0.25) is 0 Å². The molecular formula is C17H15B2. The molecule has 0 saturated carbocycles. The van der Waals surface area contributed by atoms with Crippen LogP contribution in [-0.4, -0.2) is 15.1 Å². The van der Waals surface area contributed by atoms with Gasteiger partial charge in [0, 0.05) is 0 Å². The summed E-state index contributed by atoms with van der Waals surface area (Å²) in [6, 6.07) is 16.3. The molecule has 2 aromatic carbocycles. The predicted molar refractivity (Wildman–Crippen MR) is 87.4 cm³/mol. The van der Waals surface area contributed by atoms with Crippen LogP contribution in [0.15, 0.2) is 60.6 Å². The predicted octanol–water partition coefficient (Wildman–Crippen LogP) is 2.51. The molecule has 0 fully saturated rings. The van der Waals surface area contributed by atoms with Crippen LogP contribution in [0.2, 0.25) is 0 Å². The topological polar surface area (TPSA) is 0 Å². The highest BCUT2D eigenvalue weighted by Crippen LogP contribution is 2.07. The number of hydrogen-bond donors (Lipinski definition) is 0. The van der Waals surface area contributed by atoms with Crippen molar-refractivity contribution in [2.24, 2.45) is 0 Å². The van der Waals surface area contributed by atoms with Crippen LogP contribution in [0.5, 0.6) is 0 Å². The summed E-state index contributed by atoms with van der Waals surface area (Å²) in [5, 5.41) is 0. The summed E-state index contributed by atoms with van der Waals surface area (Å²) in [5.74, 6) is 2.02. The molecule has 19 heavy (non-hydrogen) atoms. The smallest absolute Gasteiger partial charge is 0.116 e. The molecule has 0 N–H and O–H groups in total. The minimum absolute atomic E-state index is 0.801. The lowest BCUT2D eigenvalue weighted by Crippen LogP contribution is -2.29. The van der Waals surface area contributed by atoms with Gasteiger partial charge in [0.05, 0.1) is 0 Å². The Morgan fingerprint density at radius 3 is 2.16 bits per heavy atom. The maximum Gasteiger partial charge on any atom is 0.180 e. The fourth-order valence-corrected chi connectivity index (χ4v) is 1.84. The summed E-state index contributed by atoms with van der Waals surface area (Å²) in [4.78, 5) is 0. The van der Waals surface area contributed by atoms with Gasteiger partial charge < -0.3 is 0 Å². The first-order valence-corrected chi connectivity index (χ1v) is 6.38. The molecule has 0 bridgehead atoms. The van der Waals surface area contributed by atoms with Gasteiger partial charge in [-0.05, 0) is 18.1 Å². The van der Waals surface area contributed by atoms with E-state index < -0.39 is 0 Å². The molecular weight excluding hydrogens is 226 g/mol. The molecule has 0 aromatic heterocycles. The highest BCUT2D eigenvalue weighted by molar-refractivity contribution is 6.65. The Bertz CT molecular complexity index is 580. The first-order valence-electron chi connectivity index (χ1n) is 6.38. The molecule has 0 saturated heterocycles. The van der Waals surface area contributed by atoms with Gasteiger partial charge in [-0.25, -0.2) is 0 Å². The Balaban J connectivity index is 2.01. The summed E-state index contributed by atoms with van der Waals surface area (Å²) < 4.78 is 0. The lowest BCUT2D eigenvalue weighted by molar-refractivity contribution is 1.61. The Hall–Kier alpha value is -1.95. The monoisotopic (exact) mass is 241 g/mol. The van der Waals surface area contributed by atoms with Crippen molar-refractivity contribution in [2.75, 3.05) is 0 Å². The van der Waals surface area contributed by atoms with Crippen molar-refractivity contribution < 1.29 is 0 Å². The van der Waals surface area contributed by atoms with E-state index in [4.69, 9.17) is 7.85 Å². The van der Waals surface area contributed by atoms with E-state index in [0.29, 0.717) is 0 Å². The van der Waals surface area contributed by atoms with Crippen molar-refractivity contribution in [1.29, 1.82) is 0 Å². The zero-order valence-electron chi connectivity index (χ0n) is 11.1. The van der Waals surface area contributed by atoms with Gasteiger partial charge in [0.1, 0.15) is 7.85 Å². The van der Waals surface area contributed by atoms with Crippen LogP contribution in [0.1, 0.15) is 18.1 Å². The van der Waals surface area contributed by atoms with Crippen LogP contribution in [0.4, 0.5) is 0 Å². The summed E-state index contributed by atoms with van der Waals surface area (Å²) in [6.07, 6.45) is 6.20. The Kier molecular flexibility index (Phi) is 4.85. The van der Waals surface area contributed by atoms with Crippen LogP contribution >= 0.6 is 0 Å². The molecule has 2 aromatic rings. The molecule has 0 amide bonds. The van der Waals surface area contributed by atoms with Gasteiger partial charge >= 0.3 is 0 Å². The van der Waals surface area contributed by atoms with Crippen molar-refractivity contribution >= 4 is 38.2 Å². The van der Waals surface area contributed by atoms with E-state index >= 15 is 0 Å². The molecule has 0 aliphatic carbocycles.